The van der Waals surface area contributed by atoms with Crippen LogP contribution in [0.4, 0.5) is 5.69 Å². The zero-order valence-electron chi connectivity index (χ0n) is 15.6. The first-order valence-corrected chi connectivity index (χ1v) is 8.56. The predicted octanol–water partition coefficient (Wildman–Crippen LogP) is 3.23. The number of aromatic hydroxyl groups is 1. The highest BCUT2D eigenvalue weighted by molar-refractivity contribution is 6.06. The van der Waals surface area contributed by atoms with E-state index in [4.69, 9.17) is 4.74 Å². The molecule has 0 saturated heterocycles. The number of nitrogens with zero attached hydrogens (tertiary/aromatic N) is 1. The number of para-hydroxylation sites is 3. The lowest BCUT2D eigenvalue weighted by Crippen LogP contribution is -2.21. The van der Waals surface area contributed by atoms with Gasteiger partial charge in [0.2, 0.25) is 5.91 Å². The quantitative estimate of drug-likeness (QED) is 0.515. The van der Waals surface area contributed by atoms with E-state index < -0.39 is 5.91 Å². The number of anilines is 1. The highest BCUT2D eigenvalue weighted by Crippen LogP contribution is 2.24. The molecule has 2 rings (SSSR count). The number of rotatable bonds is 7. The fourth-order valence-corrected chi connectivity index (χ4v) is 2.37. The molecule has 0 heterocycles. The third-order valence-corrected chi connectivity index (χ3v) is 3.71. The third-order valence-electron chi connectivity index (χ3n) is 3.71. The summed E-state index contributed by atoms with van der Waals surface area (Å²) in [6, 6.07) is 12.0. The van der Waals surface area contributed by atoms with Crippen LogP contribution in [-0.4, -0.2) is 29.2 Å². The van der Waals surface area contributed by atoms with E-state index >= 15 is 0 Å². The summed E-state index contributed by atoms with van der Waals surface area (Å²) in [4.78, 5) is 24.3. The highest BCUT2D eigenvalue weighted by atomic mass is 16.5. The lowest BCUT2D eigenvalue weighted by molar-refractivity contribution is -0.115. The Morgan fingerprint density at radius 1 is 1.15 bits per heavy atom. The van der Waals surface area contributed by atoms with Gasteiger partial charge in [0.1, 0.15) is 11.5 Å². The first-order valence-electron chi connectivity index (χ1n) is 8.56. The molecule has 27 heavy (non-hydrogen) atoms. The van der Waals surface area contributed by atoms with Gasteiger partial charge in [0, 0.05) is 5.71 Å². The number of carbonyl (C=O) groups excluding carboxylic acids is 2. The van der Waals surface area contributed by atoms with Crippen LogP contribution in [-0.2, 0) is 4.79 Å². The molecule has 7 heteroatoms. The normalized spacial score (nSPS) is 11.0. The Morgan fingerprint density at radius 3 is 2.63 bits per heavy atom. The number of hydrazone groups is 1. The Hall–Kier alpha value is -3.35. The van der Waals surface area contributed by atoms with Crippen molar-refractivity contribution in [2.45, 2.75) is 27.2 Å². The zero-order chi connectivity index (χ0) is 19.8. The Kier molecular flexibility index (Phi) is 6.93. The minimum Gasteiger partial charge on any atom is -0.507 e. The fourth-order valence-electron chi connectivity index (χ4n) is 2.37. The van der Waals surface area contributed by atoms with Gasteiger partial charge in [0.25, 0.3) is 5.91 Å². The molecule has 0 aromatic heterocycles. The van der Waals surface area contributed by atoms with E-state index in [0.29, 0.717) is 29.3 Å². The molecule has 0 aliphatic carbocycles. The number of carbonyl (C=O) groups is 2. The second kappa shape index (κ2) is 9.38. The van der Waals surface area contributed by atoms with Gasteiger partial charge in [-0.3, -0.25) is 9.59 Å². The van der Waals surface area contributed by atoms with Gasteiger partial charge in [-0.1, -0.05) is 24.3 Å². The number of aryl methyl sites for hydroxylation is 1. The molecule has 0 bridgehead atoms. The van der Waals surface area contributed by atoms with Crippen molar-refractivity contribution in [3.63, 3.8) is 0 Å². The Balaban J connectivity index is 1.96. The molecule has 0 aliphatic heterocycles. The van der Waals surface area contributed by atoms with Crippen molar-refractivity contribution < 1.29 is 19.4 Å². The average molecular weight is 369 g/mol. The van der Waals surface area contributed by atoms with Gasteiger partial charge in [-0.2, -0.15) is 5.10 Å². The molecule has 0 saturated carbocycles. The number of hydrogen-bond acceptors (Lipinski definition) is 5. The monoisotopic (exact) mass is 369 g/mol. The molecule has 2 amide bonds. The van der Waals surface area contributed by atoms with Crippen LogP contribution in [0.3, 0.4) is 0 Å². The number of benzene rings is 2. The standard InChI is InChI=1S/C20H23N3O4/c1-4-27-17-11-6-5-10-16(17)21-18(24)12-14(3)22-23-20(26)15-9-7-8-13(2)19(15)25/h5-11,25H,4,12H2,1-3H3,(H,21,24)(H,23,26). The summed E-state index contributed by atoms with van der Waals surface area (Å²) < 4.78 is 5.47. The molecule has 2 aromatic rings. The van der Waals surface area contributed by atoms with Gasteiger partial charge < -0.3 is 15.2 Å². The molecule has 0 fully saturated rings. The van der Waals surface area contributed by atoms with Crippen LogP contribution in [0.15, 0.2) is 47.6 Å². The molecule has 3 N–H and O–H groups in total. The number of hydrogen-bond donors (Lipinski definition) is 3. The van der Waals surface area contributed by atoms with Gasteiger partial charge in [-0.15, -0.1) is 0 Å². The molecule has 0 unspecified atom stereocenters. The Labute approximate surface area is 158 Å². The maximum Gasteiger partial charge on any atom is 0.275 e. The first-order chi connectivity index (χ1) is 12.9. The molecular weight excluding hydrogens is 346 g/mol. The second-order valence-corrected chi connectivity index (χ2v) is 5.91. The van der Waals surface area contributed by atoms with Gasteiger partial charge in [-0.05, 0) is 44.5 Å². The lowest BCUT2D eigenvalue weighted by Gasteiger charge is -2.11. The van der Waals surface area contributed by atoms with Crippen molar-refractivity contribution >= 4 is 23.2 Å². The SMILES string of the molecule is CCOc1ccccc1NC(=O)CC(C)=NNC(=O)c1cccc(C)c1O. The van der Waals surface area contributed by atoms with Crippen LogP contribution in [0.2, 0.25) is 0 Å². The van der Waals surface area contributed by atoms with Crippen molar-refractivity contribution in [3.05, 3.63) is 53.6 Å². The van der Waals surface area contributed by atoms with Crippen molar-refractivity contribution in [3.8, 4) is 11.5 Å². The number of amides is 2. The van der Waals surface area contributed by atoms with Crippen molar-refractivity contribution in [2.75, 3.05) is 11.9 Å². The fraction of sp³-hybridized carbons (Fsp3) is 0.250. The molecular formula is C20H23N3O4. The van der Waals surface area contributed by atoms with Crippen LogP contribution in [0, 0.1) is 6.92 Å². The van der Waals surface area contributed by atoms with E-state index in [9.17, 15) is 14.7 Å². The highest BCUT2D eigenvalue weighted by Gasteiger charge is 2.13. The number of nitrogens with one attached hydrogen (secondary N) is 2. The minimum absolute atomic E-state index is 0.000535. The molecule has 0 aliphatic rings. The predicted molar refractivity (Wildman–Crippen MR) is 104 cm³/mol. The third kappa shape index (κ3) is 5.57. The summed E-state index contributed by atoms with van der Waals surface area (Å²) in [5.41, 5.74) is 4.07. The van der Waals surface area contributed by atoms with Crippen molar-refractivity contribution in [1.82, 2.24) is 5.43 Å². The minimum atomic E-state index is -0.544. The zero-order valence-corrected chi connectivity index (χ0v) is 15.6. The van der Waals surface area contributed by atoms with Gasteiger partial charge in [0.15, 0.2) is 0 Å². The molecule has 142 valence electrons. The summed E-state index contributed by atoms with van der Waals surface area (Å²) in [5, 5.41) is 16.6. The Morgan fingerprint density at radius 2 is 1.89 bits per heavy atom. The van der Waals surface area contributed by atoms with Crippen LogP contribution in [0.1, 0.15) is 36.2 Å². The molecule has 7 nitrogen and oxygen atoms in total. The lowest BCUT2D eigenvalue weighted by atomic mass is 10.1. The second-order valence-electron chi connectivity index (χ2n) is 5.91. The largest absolute Gasteiger partial charge is 0.507 e. The van der Waals surface area contributed by atoms with Gasteiger partial charge >= 0.3 is 0 Å². The molecule has 0 spiro atoms. The van der Waals surface area contributed by atoms with E-state index in [1.807, 2.05) is 13.0 Å². The van der Waals surface area contributed by atoms with Gasteiger partial charge in [0.05, 0.1) is 24.3 Å². The topological polar surface area (TPSA) is 100 Å². The van der Waals surface area contributed by atoms with Crippen LogP contribution < -0.4 is 15.5 Å². The summed E-state index contributed by atoms with van der Waals surface area (Å²) in [7, 11) is 0. The summed E-state index contributed by atoms with van der Waals surface area (Å²) in [5.74, 6) is -0.326. The van der Waals surface area contributed by atoms with Crippen LogP contribution >= 0.6 is 0 Å². The Bertz CT molecular complexity index is 862. The first kappa shape index (κ1) is 20.0. The van der Waals surface area contributed by atoms with Crippen molar-refractivity contribution in [1.29, 1.82) is 0 Å². The molecule has 2 aromatic carbocycles. The maximum absolute atomic E-state index is 12.2. The molecule has 0 radical (unpaired) electrons. The summed E-state index contributed by atoms with van der Waals surface area (Å²) in [6.45, 7) is 5.69. The average Bonchev–Trinajstić information content (AvgIpc) is 2.64. The van der Waals surface area contributed by atoms with E-state index in [0.717, 1.165) is 0 Å². The number of ether oxygens (including phenoxy) is 1. The maximum atomic E-state index is 12.2. The van der Waals surface area contributed by atoms with E-state index in [1.165, 1.54) is 6.07 Å². The number of phenols is 1. The van der Waals surface area contributed by atoms with E-state index in [-0.39, 0.29) is 23.6 Å². The summed E-state index contributed by atoms with van der Waals surface area (Å²) >= 11 is 0. The number of phenolic OH excluding ortho intramolecular Hbond substituents is 1. The smallest absolute Gasteiger partial charge is 0.275 e. The van der Waals surface area contributed by atoms with Crippen LogP contribution in [0.5, 0.6) is 11.5 Å². The van der Waals surface area contributed by atoms with Crippen molar-refractivity contribution in [2.24, 2.45) is 5.10 Å². The molecule has 0 atom stereocenters. The summed E-state index contributed by atoms with van der Waals surface area (Å²) in [6.07, 6.45) is 0.000535. The van der Waals surface area contributed by atoms with Crippen LogP contribution in [0.25, 0.3) is 0 Å². The van der Waals surface area contributed by atoms with Gasteiger partial charge in [-0.25, -0.2) is 5.43 Å². The van der Waals surface area contributed by atoms with E-state index in [1.54, 1.807) is 44.2 Å². The van der Waals surface area contributed by atoms with E-state index in [2.05, 4.69) is 15.8 Å².